The molecule has 1 unspecified atom stereocenters. The summed E-state index contributed by atoms with van der Waals surface area (Å²) in [7, 11) is 0. The van der Waals surface area contributed by atoms with Gasteiger partial charge in [0.25, 0.3) is 0 Å². The van der Waals surface area contributed by atoms with Crippen LogP contribution in [0.4, 0.5) is 0 Å². The Balaban J connectivity index is 1.24. The van der Waals surface area contributed by atoms with Crippen LogP contribution in [0.25, 0.3) is 11.1 Å². The number of ether oxygens (including phenoxy) is 3. The van der Waals surface area contributed by atoms with Crippen LogP contribution in [0.1, 0.15) is 68.6 Å². The lowest BCUT2D eigenvalue weighted by atomic mass is 9.92. The Bertz CT molecular complexity index is 1060. The summed E-state index contributed by atoms with van der Waals surface area (Å²) in [6.45, 7) is 5.55. The second kappa shape index (κ2) is 13.3. The van der Waals surface area contributed by atoms with E-state index in [4.69, 9.17) is 14.2 Å². The smallest absolute Gasteiger partial charge is 0.335 e. The van der Waals surface area contributed by atoms with E-state index in [1.165, 1.54) is 22.3 Å². The topological polar surface area (TPSA) is 44.8 Å². The molecule has 3 aromatic carbocycles. The van der Waals surface area contributed by atoms with E-state index in [9.17, 15) is 4.79 Å². The number of rotatable bonds is 14. The van der Waals surface area contributed by atoms with Gasteiger partial charge in [-0.15, -0.1) is 0 Å². The minimum absolute atomic E-state index is 0.290. The number of benzene rings is 3. The van der Waals surface area contributed by atoms with Gasteiger partial charge >= 0.3 is 5.97 Å². The van der Waals surface area contributed by atoms with Crippen LogP contribution in [0, 0.1) is 0 Å². The predicted molar refractivity (Wildman–Crippen MR) is 144 cm³/mol. The van der Waals surface area contributed by atoms with Crippen LogP contribution in [0.2, 0.25) is 0 Å². The Labute approximate surface area is 215 Å². The van der Waals surface area contributed by atoms with E-state index in [1.807, 2.05) is 31.2 Å². The monoisotopic (exact) mass is 486 g/mol. The Morgan fingerprint density at radius 2 is 1.47 bits per heavy atom. The van der Waals surface area contributed by atoms with Crippen LogP contribution in [0.15, 0.2) is 72.8 Å². The summed E-state index contributed by atoms with van der Waals surface area (Å²) >= 11 is 0. The maximum Gasteiger partial charge on any atom is 0.335 e. The highest BCUT2D eigenvalue weighted by Crippen LogP contribution is 2.46. The predicted octanol–water partition coefficient (Wildman–Crippen LogP) is 7.34. The van der Waals surface area contributed by atoms with Gasteiger partial charge in [0, 0.05) is 18.9 Å². The van der Waals surface area contributed by atoms with Crippen molar-refractivity contribution in [1.29, 1.82) is 0 Å². The Morgan fingerprint density at radius 3 is 2.11 bits per heavy atom. The summed E-state index contributed by atoms with van der Waals surface area (Å²) in [5.41, 5.74) is 6.71. The van der Waals surface area contributed by atoms with E-state index in [2.05, 4.69) is 55.5 Å². The molecule has 0 aliphatic heterocycles. The highest BCUT2D eigenvalue weighted by molar-refractivity contribution is 5.78. The van der Waals surface area contributed by atoms with E-state index in [1.54, 1.807) is 0 Å². The van der Waals surface area contributed by atoms with Gasteiger partial charge in [-0.25, -0.2) is 4.79 Å². The molecule has 1 aliphatic carbocycles. The maximum absolute atomic E-state index is 12.3. The molecule has 0 saturated heterocycles. The number of hydrogen-bond acceptors (Lipinski definition) is 4. The van der Waals surface area contributed by atoms with Crippen LogP contribution in [-0.2, 0) is 20.7 Å². The summed E-state index contributed by atoms with van der Waals surface area (Å²) in [5, 5.41) is 0. The lowest BCUT2D eigenvalue weighted by Gasteiger charge is -2.17. The van der Waals surface area contributed by atoms with Crippen molar-refractivity contribution in [2.45, 2.75) is 64.4 Å². The Hall–Kier alpha value is -3.11. The summed E-state index contributed by atoms with van der Waals surface area (Å²) < 4.78 is 17.0. The first-order valence-corrected chi connectivity index (χ1v) is 13.4. The van der Waals surface area contributed by atoms with Crippen LogP contribution in [0.3, 0.4) is 0 Å². The van der Waals surface area contributed by atoms with Gasteiger partial charge in [0.05, 0.1) is 13.2 Å². The third-order valence-corrected chi connectivity index (χ3v) is 6.83. The molecule has 190 valence electrons. The van der Waals surface area contributed by atoms with Crippen molar-refractivity contribution in [2.24, 2.45) is 0 Å². The van der Waals surface area contributed by atoms with Gasteiger partial charge < -0.3 is 14.2 Å². The van der Waals surface area contributed by atoms with Crippen LogP contribution >= 0.6 is 0 Å². The first kappa shape index (κ1) is 26.0. The second-order valence-electron chi connectivity index (χ2n) is 9.38. The fourth-order valence-corrected chi connectivity index (χ4v) is 4.96. The van der Waals surface area contributed by atoms with Crippen LogP contribution in [-0.4, -0.2) is 31.9 Å². The zero-order valence-corrected chi connectivity index (χ0v) is 21.6. The molecule has 36 heavy (non-hydrogen) atoms. The highest BCUT2D eigenvalue weighted by atomic mass is 16.6. The third-order valence-electron chi connectivity index (χ3n) is 6.83. The maximum atomic E-state index is 12.3. The second-order valence-corrected chi connectivity index (χ2v) is 9.38. The van der Waals surface area contributed by atoms with Crippen molar-refractivity contribution in [3.63, 3.8) is 0 Å². The van der Waals surface area contributed by atoms with Gasteiger partial charge in [0.15, 0.2) is 6.10 Å². The Kier molecular flexibility index (Phi) is 9.57. The van der Waals surface area contributed by atoms with E-state index in [-0.39, 0.29) is 5.97 Å². The van der Waals surface area contributed by atoms with Gasteiger partial charge in [-0.2, -0.15) is 0 Å². The molecule has 4 nitrogen and oxygen atoms in total. The Morgan fingerprint density at radius 1 is 0.806 bits per heavy atom. The zero-order chi connectivity index (χ0) is 25.2. The molecule has 0 amide bonds. The quantitative estimate of drug-likeness (QED) is 0.177. The first-order chi connectivity index (χ1) is 17.7. The van der Waals surface area contributed by atoms with E-state index in [0.717, 1.165) is 43.4 Å². The van der Waals surface area contributed by atoms with E-state index < -0.39 is 6.10 Å². The number of unbranched alkanes of at least 4 members (excludes halogenated alkanes) is 2. The fraction of sp³-hybridized carbons (Fsp3) is 0.406. The number of esters is 1. The molecule has 0 saturated carbocycles. The van der Waals surface area contributed by atoms with Crippen molar-refractivity contribution in [3.8, 4) is 16.9 Å². The first-order valence-electron chi connectivity index (χ1n) is 13.4. The van der Waals surface area contributed by atoms with Crippen molar-refractivity contribution in [2.75, 3.05) is 19.8 Å². The largest absolute Gasteiger partial charge is 0.494 e. The van der Waals surface area contributed by atoms with Crippen molar-refractivity contribution < 1.29 is 19.0 Å². The molecule has 1 aliphatic rings. The molecule has 1 atom stereocenters. The molecule has 4 heteroatoms. The highest BCUT2D eigenvalue weighted by Gasteiger charge is 2.27. The average molecular weight is 487 g/mol. The molecule has 0 spiro atoms. The molecule has 0 fully saturated rings. The standard InChI is InChI=1S/C32H38O4/c1-3-5-21-36-31(32(33)34-4-2)23-24-17-19-25(20-18-24)35-22-11-10-16-30-28-14-8-6-12-26(28)27-13-7-9-15-29(27)30/h6-9,12-15,17-20,30-31H,3-5,10-11,16,21-23H2,1-2H3. The molecule has 0 N–H and O–H groups in total. The van der Waals surface area contributed by atoms with Gasteiger partial charge in [0.1, 0.15) is 5.75 Å². The van der Waals surface area contributed by atoms with Gasteiger partial charge in [-0.3, -0.25) is 0 Å². The fourth-order valence-electron chi connectivity index (χ4n) is 4.96. The number of hydrogen-bond donors (Lipinski definition) is 0. The van der Waals surface area contributed by atoms with Gasteiger partial charge in [-0.05, 0) is 72.6 Å². The van der Waals surface area contributed by atoms with Crippen LogP contribution < -0.4 is 4.74 Å². The molecular weight excluding hydrogens is 448 g/mol. The number of carbonyl (C=O) groups excluding carboxylic acids is 1. The summed E-state index contributed by atoms with van der Waals surface area (Å²) in [4.78, 5) is 12.3. The minimum atomic E-state index is -0.561. The van der Waals surface area contributed by atoms with Crippen LogP contribution in [0.5, 0.6) is 5.75 Å². The summed E-state index contributed by atoms with van der Waals surface area (Å²) in [6, 6.07) is 25.6. The summed E-state index contributed by atoms with van der Waals surface area (Å²) in [6.07, 6.45) is 5.16. The number of fused-ring (bicyclic) bond motifs is 3. The normalized spacial score (nSPS) is 13.2. The molecule has 4 rings (SSSR count). The van der Waals surface area contributed by atoms with E-state index in [0.29, 0.717) is 32.2 Å². The van der Waals surface area contributed by atoms with Crippen molar-refractivity contribution in [3.05, 3.63) is 89.5 Å². The summed E-state index contributed by atoms with van der Waals surface area (Å²) in [5.74, 6) is 1.04. The molecular formula is C32H38O4. The van der Waals surface area contributed by atoms with E-state index >= 15 is 0 Å². The molecule has 3 aromatic rings. The lowest BCUT2D eigenvalue weighted by molar-refractivity contribution is -0.156. The zero-order valence-electron chi connectivity index (χ0n) is 21.6. The van der Waals surface area contributed by atoms with Gasteiger partial charge in [0.2, 0.25) is 0 Å². The van der Waals surface area contributed by atoms with Gasteiger partial charge in [-0.1, -0.05) is 74.0 Å². The third kappa shape index (κ3) is 6.55. The average Bonchev–Trinajstić information content (AvgIpc) is 3.23. The van der Waals surface area contributed by atoms with Crippen molar-refractivity contribution in [1.82, 2.24) is 0 Å². The SMILES string of the molecule is CCCCOC(Cc1ccc(OCCCCC2c3ccccc3-c3ccccc32)cc1)C(=O)OCC. The molecule has 0 bridgehead atoms. The van der Waals surface area contributed by atoms with Crippen molar-refractivity contribution >= 4 is 5.97 Å². The molecule has 0 aromatic heterocycles. The number of carbonyl (C=O) groups is 1. The molecule has 0 radical (unpaired) electrons. The lowest BCUT2D eigenvalue weighted by Crippen LogP contribution is -2.29. The molecule has 0 heterocycles. The minimum Gasteiger partial charge on any atom is -0.494 e.